The lowest BCUT2D eigenvalue weighted by Crippen LogP contribution is -2.21. The van der Waals surface area contributed by atoms with Crippen molar-refractivity contribution < 1.29 is 5.11 Å². The summed E-state index contributed by atoms with van der Waals surface area (Å²) >= 11 is 0. The van der Waals surface area contributed by atoms with Gasteiger partial charge in [0.05, 0.1) is 18.0 Å². The lowest BCUT2D eigenvalue weighted by atomic mass is 10.0. The summed E-state index contributed by atoms with van der Waals surface area (Å²) in [6.45, 7) is 4.26. The molecule has 2 atom stereocenters. The van der Waals surface area contributed by atoms with E-state index < -0.39 is 0 Å². The third-order valence-corrected chi connectivity index (χ3v) is 5.61. The largest absolute Gasteiger partial charge is 0.391 e. The Morgan fingerprint density at radius 2 is 2.03 bits per heavy atom. The minimum Gasteiger partial charge on any atom is -0.391 e. The van der Waals surface area contributed by atoms with Gasteiger partial charge in [0.2, 0.25) is 0 Å². The lowest BCUT2D eigenvalue weighted by Gasteiger charge is -2.15. The van der Waals surface area contributed by atoms with Gasteiger partial charge >= 0.3 is 0 Å². The molecule has 3 aromatic heterocycles. The summed E-state index contributed by atoms with van der Waals surface area (Å²) < 4.78 is 1.84. The van der Waals surface area contributed by atoms with Crippen LogP contribution in [0.4, 0.5) is 0 Å². The summed E-state index contributed by atoms with van der Waals surface area (Å²) in [4.78, 5) is 6.94. The Labute approximate surface area is 169 Å². The first-order valence-electron chi connectivity index (χ1n) is 9.95. The topological polar surface area (TPSA) is 82.3 Å². The van der Waals surface area contributed by atoms with Crippen LogP contribution in [0.3, 0.4) is 0 Å². The molecule has 4 heterocycles. The number of H-pyrrole nitrogens is 1. The van der Waals surface area contributed by atoms with Crippen LogP contribution >= 0.6 is 0 Å². The number of benzene rings is 1. The van der Waals surface area contributed by atoms with Crippen molar-refractivity contribution in [2.24, 2.45) is 5.92 Å². The molecule has 29 heavy (non-hydrogen) atoms. The molecular formula is C22H24N6O. The fourth-order valence-electron chi connectivity index (χ4n) is 4.19. The number of aromatic amines is 1. The van der Waals surface area contributed by atoms with Gasteiger partial charge in [-0.2, -0.15) is 10.2 Å². The number of aliphatic hydroxyl groups excluding tert-OH is 1. The number of aromatic nitrogens is 5. The van der Waals surface area contributed by atoms with Crippen LogP contribution in [-0.2, 0) is 13.0 Å². The van der Waals surface area contributed by atoms with E-state index in [1.54, 1.807) is 0 Å². The Balaban J connectivity index is 1.29. The number of rotatable bonds is 5. The second-order valence-corrected chi connectivity index (χ2v) is 7.92. The molecule has 7 nitrogen and oxygen atoms in total. The van der Waals surface area contributed by atoms with Crippen LogP contribution in [0.25, 0.3) is 16.8 Å². The molecule has 0 unspecified atom stereocenters. The summed E-state index contributed by atoms with van der Waals surface area (Å²) in [5.74, 6) is 0.198. The van der Waals surface area contributed by atoms with Crippen LogP contribution in [0, 0.1) is 12.8 Å². The van der Waals surface area contributed by atoms with Crippen molar-refractivity contribution >= 4 is 5.65 Å². The molecule has 4 aromatic rings. The monoisotopic (exact) mass is 388 g/mol. The van der Waals surface area contributed by atoms with E-state index in [2.05, 4.69) is 43.4 Å². The fraction of sp³-hybridized carbons (Fsp3) is 0.318. The fourth-order valence-corrected chi connectivity index (χ4v) is 4.19. The second kappa shape index (κ2) is 7.42. The maximum Gasteiger partial charge on any atom is 0.162 e. The van der Waals surface area contributed by atoms with Crippen molar-refractivity contribution in [3.8, 4) is 11.1 Å². The van der Waals surface area contributed by atoms with Gasteiger partial charge in [-0.1, -0.05) is 30.3 Å². The lowest BCUT2D eigenvalue weighted by molar-refractivity contribution is 0.140. The zero-order valence-electron chi connectivity index (χ0n) is 16.4. The number of aryl methyl sites for hydroxylation is 1. The molecule has 0 radical (unpaired) electrons. The molecule has 0 spiro atoms. The van der Waals surface area contributed by atoms with Crippen LogP contribution in [0.15, 0.2) is 55.0 Å². The van der Waals surface area contributed by atoms with E-state index in [4.69, 9.17) is 0 Å². The zero-order valence-corrected chi connectivity index (χ0v) is 16.4. The number of nitrogens with one attached hydrogen (secondary N) is 1. The van der Waals surface area contributed by atoms with E-state index >= 15 is 0 Å². The molecule has 0 saturated carbocycles. The SMILES string of the molecule is Cc1cc(C[C@@H]2CN(Cc3cnc4c(-c5ccccc5)cnn4c3)C[C@@H]2O)n[nH]1. The van der Waals surface area contributed by atoms with Gasteiger partial charge in [-0.15, -0.1) is 0 Å². The molecule has 0 bridgehead atoms. The van der Waals surface area contributed by atoms with Crippen molar-refractivity contribution in [3.05, 3.63) is 71.9 Å². The summed E-state index contributed by atoms with van der Waals surface area (Å²) in [6, 6.07) is 12.2. The smallest absolute Gasteiger partial charge is 0.162 e. The molecule has 1 aromatic carbocycles. The predicted molar refractivity (Wildman–Crippen MR) is 110 cm³/mol. The summed E-state index contributed by atoms with van der Waals surface area (Å²) in [5, 5.41) is 22.3. The van der Waals surface area contributed by atoms with Crippen molar-refractivity contribution in [2.45, 2.75) is 26.0 Å². The van der Waals surface area contributed by atoms with Crippen LogP contribution in [-0.4, -0.2) is 54.0 Å². The van der Waals surface area contributed by atoms with Crippen molar-refractivity contribution in [1.29, 1.82) is 0 Å². The maximum absolute atomic E-state index is 10.5. The van der Waals surface area contributed by atoms with E-state index in [1.807, 2.05) is 48.2 Å². The first-order chi connectivity index (χ1) is 14.2. The minimum atomic E-state index is -0.335. The highest BCUT2D eigenvalue weighted by Crippen LogP contribution is 2.25. The molecule has 5 rings (SSSR count). The number of aliphatic hydroxyl groups is 1. The van der Waals surface area contributed by atoms with Gasteiger partial charge in [-0.3, -0.25) is 10.00 Å². The molecule has 1 saturated heterocycles. The molecule has 1 aliphatic rings. The summed E-state index contributed by atoms with van der Waals surface area (Å²) in [5.41, 5.74) is 6.15. The predicted octanol–water partition coefficient (Wildman–Crippen LogP) is 2.46. The Morgan fingerprint density at radius 1 is 1.17 bits per heavy atom. The number of hydrogen-bond acceptors (Lipinski definition) is 5. The zero-order chi connectivity index (χ0) is 19.8. The average molecular weight is 388 g/mol. The van der Waals surface area contributed by atoms with Gasteiger partial charge in [0.1, 0.15) is 0 Å². The Bertz CT molecular complexity index is 1120. The summed E-state index contributed by atoms with van der Waals surface area (Å²) in [7, 11) is 0. The van der Waals surface area contributed by atoms with Crippen molar-refractivity contribution in [1.82, 2.24) is 29.7 Å². The van der Waals surface area contributed by atoms with Crippen LogP contribution < -0.4 is 0 Å². The van der Waals surface area contributed by atoms with E-state index in [0.717, 1.165) is 53.2 Å². The molecule has 7 heteroatoms. The van der Waals surface area contributed by atoms with Crippen LogP contribution in [0.5, 0.6) is 0 Å². The van der Waals surface area contributed by atoms with Gasteiger partial charge in [0.25, 0.3) is 0 Å². The highest BCUT2D eigenvalue weighted by molar-refractivity contribution is 5.76. The molecule has 0 amide bonds. The Kier molecular flexibility index (Phi) is 4.61. The molecule has 1 aliphatic heterocycles. The molecule has 1 fully saturated rings. The maximum atomic E-state index is 10.5. The standard InChI is InChI=1S/C22H24N6O/c1-15-7-19(26-25-15)8-18-13-27(14-21(18)29)11-16-9-23-22-20(10-24-28(22)12-16)17-5-3-2-4-6-17/h2-7,9-10,12,18,21,29H,8,11,13-14H2,1H3,(H,25,26)/t18-,21+/m1/s1. The first kappa shape index (κ1) is 18.0. The normalized spacial score (nSPS) is 19.9. The quantitative estimate of drug-likeness (QED) is 0.549. The Morgan fingerprint density at radius 3 is 2.83 bits per heavy atom. The summed E-state index contributed by atoms with van der Waals surface area (Å²) in [6.07, 6.45) is 6.27. The number of fused-ring (bicyclic) bond motifs is 1. The average Bonchev–Trinajstić information content (AvgIpc) is 3.42. The minimum absolute atomic E-state index is 0.198. The van der Waals surface area contributed by atoms with E-state index in [0.29, 0.717) is 6.54 Å². The van der Waals surface area contributed by atoms with Gasteiger partial charge < -0.3 is 5.11 Å². The van der Waals surface area contributed by atoms with Gasteiger partial charge in [0, 0.05) is 54.8 Å². The van der Waals surface area contributed by atoms with Crippen LogP contribution in [0.1, 0.15) is 17.0 Å². The third-order valence-electron chi connectivity index (χ3n) is 5.61. The number of nitrogens with zero attached hydrogens (tertiary/aromatic N) is 5. The van der Waals surface area contributed by atoms with E-state index in [9.17, 15) is 5.11 Å². The van der Waals surface area contributed by atoms with Gasteiger partial charge in [-0.05, 0) is 25.0 Å². The van der Waals surface area contributed by atoms with Crippen molar-refractivity contribution in [3.63, 3.8) is 0 Å². The molecule has 2 N–H and O–H groups in total. The van der Waals surface area contributed by atoms with E-state index in [1.165, 1.54) is 0 Å². The van der Waals surface area contributed by atoms with Crippen molar-refractivity contribution in [2.75, 3.05) is 13.1 Å². The second-order valence-electron chi connectivity index (χ2n) is 7.92. The molecule has 0 aliphatic carbocycles. The highest BCUT2D eigenvalue weighted by atomic mass is 16.3. The van der Waals surface area contributed by atoms with E-state index in [-0.39, 0.29) is 12.0 Å². The number of likely N-dealkylation sites (tertiary alicyclic amines) is 1. The number of β-amino-alcohol motifs (C(OH)–C–C–N with tert-alkyl or cyclic N) is 1. The molecule has 148 valence electrons. The van der Waals surface area contributed by atoms with Gasteiger partial charge in [-0.25, -0.2) is 9.50 Å². The highest BCUT2D eigenvalue weighted by Gasteiger charge is 2.31. The van der Waals surface area contributed by atoms with Crippen LogP contribution in [0.2, 0.25) is 0 Å². The first-order valence-corrected chi connectivity index (χ1v) is 9.95. The molecular weight excluding hydrogens is 364 g/mol. The Hall–Kier alpha value is -3.03. The van der Waals surface area contributed by atoms with Gasteiger partial charge in [0.15, 0.2) is 5.65 Å². The number of hydrogen-bond donors (Lipinski definition) is 2. The third kappa shape index (κ3) is 3.66.